The van der Waals surface area contributed by atoms with E-state index in [1.165, 1.54) is 5.56 Å². The molecule has 1 heterocycles. The molecule has 2 nitrogen and oxygen atoms in total. The first-order chi connectivity index (χ1) is 9.14. The molecular formula is C16H23Br2NO. The van der Waals surface area contributed by atoms with Crippen LogP contribution in [0, 0.1) is 5.92 Å². The van der Waals surface area contributed by atoms with Crippen LogP contribution in [-0.2, 0) is 4.74 Å². The first-order valence-corrected chi connectivity index (χ1v) is 8.57. The normalized spacial score (nSPS) is 25.6. The fraction of sp³-hybridized carbons (Fsp3) is 0.625. The Morgan fingerprint density at radius 2 is 1.70 bits per heavy atom. The van der Waals surface area contributed by atoms with Crippen molar-refractivity contribution in [3.63, 3.8) is 0 Å². The number of rotatable bonds is 3. The van der Waals surface area contributed by atoms with Crippen LogP contribution in [-0.4, -0.2) is 18.2 Å². The maximum absolute atomic E-state index is 6.25. The van der Waals surface area contributed by atoms with E-state index in [1.807, 2.05) is 7.05 Å². The average molecular weight is 405 g/mol. The predicted octanol–water partition coefficient (Wildman–Crippen LogP) is 5.07. The average Bonchev–Trinajstić information content (AvgIpc) is 2.46. The monoisotopic (exact) mass is 403 g/mol. The quantitative estimate of drug-likeness (QED) is 0.759. The molecule has 2 atom stereocenters. The van der Waals surface area contributed by atoms with Crippen LogP contribution in [0.25, 0.3) is 0 Å². The lowest BCUT2D eigenvalue weighted by atomic mass is 9.79. The smallest absolute Gasteiger partial charge is 0.0681 e. The minimum absolute atomic E-state index is 0.0630. The van der Waals surface area contributed by atoms with Crippen molar-refractivity contribution in [3.8, 4) is 0 Å². The summed E-state index contributed by atoms with van der Waals surface area (Å²) in [6, 6.07) is 6.72. The van der Waals surface area contributed by atoms with Gasteiger partial charge in [-0.25, -0.2) is 0 Å². The molecule has 20 heavy (non-hydrogen) atoms. The molecular weight excluding hydrogens is 382 g/mol. The third kappa shape index (κ3) is 3.46. The van der Waals surface area contributed by atoms with Crippen molar-refractivity contribution in [2.45, 2.75) is 51.4 Å². The van der Waals surface area contributed by atoms with Gasteiger partial charge in [0.05, 0.1) is 11.2 Å². The molecule has 0 bridgehead atoms. The minimum atomic E-state index is -0.133. The van der Waals surface area contributed by atoms with Gasteiger partial charge in [-0.1, -0.05) is 31.9 Å². The first kappa shape index (κ1) is 16.5. The van der Waals surface area contributed by atoms with Gasteiger partial charge in [-0.3, -0.25) is 0 Å². The van der Waals surface area contributed by atoms with E-state index in [0.717, 1.165) is 15.4 Å². The molecule has 1 saturated heterocycles. The van der Waals surface area contributed by atoms with Gasteiger partial charge in [-0.15, -0.1) is 0 Å². The van der Waals surface area contributed by atoms with Crippen LogP contribution in [0.5, 0.6) is 0 Å². The summed E-state index contributed by atoms with van der Waals surface area (Å²) in [5.41, 5.74) is 1.09. The van der Waals surface area contributed by atoms with Crippen molar-refractivity contribution in [1.29, 1.82) is 0 Å². The Bertz CT molecular complexity index is 479. The summed E-state index contributed by atoms with van der Waals surface area (Å²) >= 11 is 7.16. The maximum atomic E-state index is 6.25. The zero-order valence-electron chi connectivity index (χ0n) is 12.8. The van der Waals surface area contributed by atoms with Gasteiger partial charge in [0, 0.05) is 20.9 Å². The number of halogens is 2. The zero-order valence-corrected chi connectivity index (χ0v) is 15.9. The summed E-state index contributed by atoms with van der Waals surface area (Å²) < 4.78 is 8.44. The predicted molar refractivity (Wildman–Crippen MR) is 91.0 cm³/mol. The molecule has 1 aromatic rings. The van der Waals surface area contributed by atoms with E-state index in [9.17, 15) is 0 Å². The molecule has 0 radical (unpaired) electrons. The third-order valence-corrected chi connectivity index (χ3v) is 5.02. The van der Waals surface area contributed by atoms with E-state index in [1.54, 1.807) is 0 Å². The van der Waals surface area contributed by atoms with Crippen LogP contribution in [0.1, 0.15) is 45.7 Å². The van der Waals surface area contributed by atoms with Gasteiger partial charge in [0.15, 0.2) is 0 Å². The highest BCUT2D eigenvalue weighted by Gasteiger charge is 2.49. The number of benzene rings is 1. The molecule has 1 aromatic carbocycles. The second-order valence-corrected chi connectivity index (χ2v) is 8.58. The van der Waals surface area contributed by atoms with Crippen molar-refractivity contribution in [2.24, 2.45) is 5.92 Å². The Balaban J connectivity index is 2.37. The SMILES string of the molecule is CNC(c1cc(Br)cc(Br)c1)C1CC(C)(C)OC1(C)C. The lowest BCUT2D eigenvalue weighted by Gasteiger charge is -2.33. The zero-order chi connectivity index (χ0) is 15.1. The number of hydrogen-bond acceptors (Lipinski definition) is 2. The second-order valence-electron chi connectivity index (χ2n) is 6.74. The summed E-state index contributed by atoms with van der Waals surface area (Å²) in [5.74, 6) is 0.434. The van der Waals surface area contributed by atoms with Crippen molar-refractivity contribution in [1.82, 2.24) is 5.32 Å². The highest BCUT2D eigenvalue weighted by atomic mass is 79.9. The second kappa shape index (κ2) is 5.71. The molecule has 2 rings (SSSR count). The topological polar surface area (TPSA) is 21.3 Å². The van der Waals surface area contributed by atoms with Crippen molar-refractivity contribution < 1.29 is 4.74 Å². The Morgan fingerprint density at radius 3 is 2.10 bits per heavy atom. The van der Waals surface area contributed by atoms with Crippen molar-refractivity contribution >= 4 is 31.9 Å². The van der Waals surface area contributed by atoms with Gasteiger partial charge in [-0.2, -0.15) is 0 Å². The number of hydrogen-bond donors (Lipinski definition) is 1. The summed E-state index contributed by atoms with van der Waals surface area (Å²) in [6.07, 6.45) is 1.05. The van der Waals surface area contributed by atoms with Gasteiger partial charge < -0.3 is 10.1 Å². The van der Waals surface area contributed by atoms with Gasteiger partial charge in [0.1, 0.15) is 0 Å². The molecule has 0 spiro atoms. The molecule has 1 aliphatic rings. The molecule has 0 aliphatic carbocycles. The number of ether oxygens (including phenoxy) is 1. The summed E-state index contributed by atoms with van der Waals surface area (Å²) in [5, 5.41) is 3.49. The van der Waals surface area contributed by atoms with Crippen molar-refractivity contribution in [3.05, 3.63) is 32.7 Å². The van der Waals surface area contributed by atoms with Gasteiger partial charge >= 0.3 is 0 Å². The van der Waals surface area contributed by atoms with Gasteiger partial charge in [0.25, 0.3) is 0 Å². The molecule has 1 N–H and O–H groups in total. The van der Waals surface area contributed by atoms with E-state index in [0.29, 0.717) is 5.92 Å². The van der Waals surface area contributed by atoms with E-state index in [2.05, 4.69) is 83.1 Å². The summed E-state index contributed by atoms with van der Waals surface area (Å²) in [4.78, 5) is 0. The lowest BCUT2D eigenvalue weighted by molar-refractivity contribution is -0.0776. The largest absolute Gasteiger partial charge is 0.369 e. The molecule has 1 aliphatic heterocycles. The Kier molecular flexibility index (Phi) is 4.70. The van der Waals surface area contributed by atoms with Gasteiger partial charge in [-0.05, 0) is 64.9 Å². The van der Waals surface area contributed by atoms with E-state index >= 15 is 0 Å². The number of nitrogens with one attached hydrogen (secondary N) is 1. The minimum Gasteiger partial charge on any atom is -0.369 e. The van der Waals surface area contributed by atoms with Crippen molar-refractivity contribution in [2.75, 3.05) is 7.05 Å². The molecule has 112 valence electrons. The van der Waals surface area contributed by atoms with Crippen LogP contribution >= 0.6 is 31.9 Å². The molecule has 0 amide bonds. The van der Waals surface area contributed by atoms with E-state index in [4.69, 9.17) is 4.74 Å². The lowest BCUT2D eigenvalue weighted by Crippen LogP contribution is -2.37. The summed E-state index contributed by atoms with van der Waals surface area (Å²) in [7, 11) is 2.03. The van der Waals surface area contributed by atoms with E-state index < -0.39 is 0 Å². The fourth-order valence-electron chi connectivity index (χ4n) is 3.48. The molecule has 0 aromatic heterocycles. The molecule has 4 heteroatoms. The van der Waals surface area contributed by atoms with E-state index in [-0.39, 0.29) is 17.2 Å². The van der Waals surface area contributed by atoms with Crippen LogP contribution in [0.3, 0.4) is 0 Å². The van der Waals surface area contributed by atoms with Crippen LogP contribution < -0.4 is 5.32 Å². The molecule has 2 unspecified atom stereocenters. The van der Waals surface area contributed by atoms with Crippen LogP contribution in [0.2, 0.25) is 0 Å². The van der Waals surface area contributed by atoms with Gasteiger partial charge in [0.2, 0.25) is 0 Å². The van der Waals surface area contributed by atoms with Crippen LogP contribution in [0.15, 0.2) is 27.1 Å². The highest BCUT2D eigenvalue weighted by molar-refractivity contribution is 9.11. The fourth-order valence-corrected chi connectivity index (χ4v) is 4.81. The Hall–Kier alpha value is 0.1000. The summed E-state index contributed by atoms with van der Waals surface area (Å²) in [6.45, 7) is 8.75. The Labute approximate surface area is 138 Å². The molecule has 0 saturated carbocycles. The first-order valence-electron chi connectivity index (χ1n) is 6.98. The highest BCUT2D eigenvalue weighted by Crippen LogP contribution is 2.48. The van der Waals surface area contributed by atoms with Crippen LogP contribution in [0.4, 0.5) is 0 Å². The third-order valence-electron chi connectivity index (χ3n) is 4.10. The Morgan fingerprint density at radius 1 is 1.15 bits per heavy atom. The standard InChI is InChI=1S/C16H23Br2NO/c1-15(2)9-13(16(3,4)20-15)14(19-5)10-6-11(17)8-12(18)7-10/h6-8,13-14,19H,9H2,1-5H3. The molecule has 1 fully saturated rings. The maximum Gasteiger partial charge on any atom is 0.0681 e.